The van der Waals surface area contributed by atoms with Crippen LogP contribution in [0.3, 0.4) is 0 Å². The number of allylic oxidation sites excluding steroid dienone is 1. The minimum absolute atomic E-state index is 0.178. The van der Waals surface area contributed by atoms with Crippen LogP contribution in [0.5, 0.6) is 5.75 Å². The summed E-state index contributed by atoms with van der Waals surface area (Å²) in [7, 11) is 1.64. The molecular weight excluding hydrogens is 410 g/mol. The summed E-state index contributed by atoms with van der Waals surface area (Å²) < 4.78 is 11.7. The maximum atomic E-state index is 12.7. The Bertz CT molecular complexity index is 1330. The van der Waals surface area contributed by atoms with Crippen molar-refractivity contribution in [3.8, 4) is 16.9 Å². The highest BCUT2D eigenvalue weighted by molar-refractivity contribution is 6.06. The van der Waals surface area contributed by atoms with Gasteiger partial charge in [-0.25, -0.2) is 0 Å². The Morgan fingerprint density at radius 3 is 2.39 bits per heavy atom. The fourth-order valence-electron chi connectivity index (χ4n) is 4.10. The summed E-state index contributed by atoms with van der Waals surface area (Å²) >= 11 is 0. The molecule has 0 atom stereocenters. The molecule has 0 fully saturated rings. The number of ether oxygens (including phenoxy) is 1. The number of amides is 1. The number of benzene rings is 3. The van der Waals surface area contributed by atoms with Gasteiger partial charge < -0.3 is 14.5 Å². The first-order valence-corrected chi connectivity index (χ1v) is 11.2. The molecule has 4 rings (SSSR count). The third-order valence-corrected chi connectivity index (χ3v) is 6.01. The Morgan fingerprint density at radius 2 is 1.76 bits per heavy atom. The van der Waals surface area contributed by atoms with E-state index in [1.165, 1.54) is 11.1 Å². The van der Waals surface area contributed by atoms with E-state index in [1.807, 2.05) is 38.1 Å². The fraction of sp³-hybridized carbons (Fsp3) is 0.207. The van der Waals surface area contributed by atoms with Crippen molar-refractivity contribution in [2.24, 2.45) is 0 Å². The van der Waals surface area contributed by atoms with Crippen LogP contribution >= 0.6 is 0 Å². The Kier molecular flexibility index (Phi) is 6.36. The molecule has 0 bridgehead atoms. The SMILES string of the molecule is CCc1ccc(NC(=O)/C=C(\C)c2cc3c(-c4ccc(C)cc4)coc3c(C)c2OC)cc1. The summed E-state index contributed by atoms with van der Waals surface area (Å²) in [6.45, 7) is 8.09. The Morgan fingerprint density at radius 1 is 1.06 bits per heavy atom. The van der Waals surface area contributed by atoms with Crippen LogP contribution in [-0.2, 0) is 11.2 Å². The third-order valence-electron chi connectivity index (χ3n) is 6.01. The summed E-state index contributed by atoms with van der Waals surface area (Å²) in [5.41, 5.74) is 8.71. The molecule has 0 radical (unpaired) electrons. The largest absolute Gasteiger partial charge is 0.496 e. The molecule has 33 heavy (non-hydrogen) atoms. The van der Waals surface area contributed by atoms with E-state index >= 15 is 0 Å². The number of fused-ring (bicyclic) bond motifs is 1. The van der Waals surface area contributed by atoms with Gasteiger partial charge in [0.2, 0.25) is 5.91 Å². The lowest BCUT2D eigenvalue weighted by atomic mass is 9.96. The van der Waals surface area contributed by atoms with Gasteiger partial charge in [-0.1, -0.05) is 48.9 Å². The first kappa shape index (κ1) is 22.4. The van der Waals surface area contributed by atoms with E-state index in [0.29, 0.717) is 5.75 Å². The third kappa shape index (κ3) is 4.56. The number of rotatable bonds is 6. The minimum Gasteiger partial charge on any atom is -0.496 e. The van der Waals surface area contributed by atoms with Crippen molar-refractivity contribution >= 4 is 28.1 Å². The van der Waals surface area contributed by atoms with Gasteiger partial charge in [-0.05, 0) is 62.1 Å². The lowest BCUT2D eigenvalue weighted by Gasteiger charge is -2.13. The predicted molar refractivity (Wildman–Crippen MR) is 136 cm³/mol. The van der Waals surface area contributed by atoms with E-state index in [4.69, 9.17) is 9.15 Å². The van der Waals surface area contributed by atoms with Gasteiger partial charge in [0.05, 0.1) is 13.4 Å². The molecule has 4 nitrogen and oxygen atoms in total. The van der Waals surface area contributed by atoms with E-state index in [2.05, 4.69) is 49.5 Å². The van der Waals surface area contributed by atoms with E-state index in [1.54, 1.807) is 19.4 Å². The minimum atomic E-state index is -0.178. The molecule has 0 saturated heterocycles. The standard InChI is InChI=1S/C29H29NO3/c1-6-21-9-13-23(14-10-21)30-27(31)15-19(3)24-16-25-26(22-11-7-18(2)8-12-22)17-33-29(25)20(4)28(24)32-5/h7-17H,6H2,1-5H3,(H,30,31)/b19-15+. The number of anilines is 1. The fourth-order valence-corrected chi connectivity index (χ4v) is 4.10. The number of carbonyl (C=O) groups excluding carboxylic acids is 1. The van der Waals surface area contributed by atoms with Crippen molar-refractivity contribution in [1.82, 2.24) is 0 Å². The zero-order valence-corrected chi connectivity index (χ0v) is 19.8. The van der Waals surface area contributed by atoms with Crippen molar-refractivity contribution in [3.63, 3.8) is 0 Å². The maximum absolute atomic E-state index is 12.7. The predicted octanol–water partition coefficient (Wildman–Crippen LogP) is 7.33. The molecule has 0 aliphatic rings. The number of furan rings is 1. The second-order valence-corrected chi connectivity index (χ2v) is 8.34. The number of nitrogens with one attached hydrogen (secondary N) is 1. The van der Waals surface area contributed by atoms with Crippen LogP contribution < -0.4 is 10.1 Å². The topological polar surface area (TPSA) is 51.5 Å². The van der Waals surface area contributed by atoms with Crippen molar-refractivity contribution in [3.05, 3.63) is 89.2 Å². The zero-order valence-electron chi connectivity index (χ0n) is 19.8. The second kappa shape index (κ2) is 9.37. The average Bonchev–Trinajstić information content (AvgIpc) is 3.24. The van der Waals surface area contributed by atoms with Gasteiger partial charge in [0.1, 0.15) is 11.3 Å². The van der Waals surface area contributed by atoms with E-state index in [9.17, 15) is 4.79 Å². The smallest absolute Gasteiger partial charge is 0.248 e. The van der Waals surface area contributed by atoms with Crippen molar-refractivity contribution in [2.45, 2.75) is 34.1 Å². The quantitative estimate of drug-likeness (QED) is 0.320. The molecule has 4 heteroatoms. The van der Waals surface area contributed by atoms with Crippen LogP contribution in [0.1, 0.15) is 36.1 Å². The molecule has 0 spiro atoms. The molecule has 0 aliphatic heterocycles. The normalized spacial score (nSPS) is 11.6. The lowest BCUT2D eigenvalue weighted by Crippen LogP contribution is -2.08. The molecule has 1 amide bonds. The summed E-state index contributed by atoms with van der Waals surface area (Å²) in [4.78, 5) is 12.7. The zero-order chi connectivity index (χ0) is 23.5. The van der Waals surface area contributed by atoms with Crippen LogP contribution in [0.15, 0.2) is 71.4 Å². The number of aryl methyl sites for hydroxylation is 3. The van der Waals surface area contributed by atoms with E-state index in [-0.39, 0.29) is 5.91 Å². The van der Waals surface area contributed by atoms with Gasteiger partial charge in [0.15, 0.2) is 0 Å². The van der Waals surface area contributed by atoms with Crippen LogP contribution in [0.2, 0.25) is 0 Å². The Balaban J connectivity index is 1.72. The van der Waals surface area contributed by atoms with Gasteiger partial charge in [-0.2, -0.15) is 0 Å². The molecule has 4 aromatic rings. The molecule has 1 heterocycles. The lowest BCUT2D eigenvalue weighted by molar-refractivity contribution is -0.111. The first-order valence-electron chi connectivity index (χ1n) is 11.2. The number of hydrogen-bond acceptors (Lipinski definition) is 3. The van der Waals surface area contributed by atoms with Gasteiger partial charge in [0, 0.05) is 33.8 Å². The van der Waals surface area contributed by atoms with Gasteiger partial charge >= 0.3 is 0 Å². The molecular formula is C29H29NO3. The average molecular weight is 440 g/mol. The molecule has 1 N–H and O–H groups in total. The van der Waals surface area contributed by atoms with Crippen molar-refractivity contribution in [1.29, 1.82) is 0 Å². The first-order chi connectivity index (χ1) is 15.9. The van der Waals surface area contributed by atoms with Crippen LogP contribution in [0.25, 0.3) is 27.7 Å². The maximum Gasteiger partial charge on any atom is 0.248 e. The number of methoxy groups -OCH3 is 1. The summed E-state index contributed by atoms with van der Waals surface area (Å²) in [6, 6.07) is 18.3. The molecule has 0 unspecified atom stereocenters. The van der Waals surface area contributed by atoms with Gasteiger partial charge in [0.25, 0.3) is 0 Å². The number of carbonyl (C=O) groups is 1. The summed E-state index contributed by atoms with van der Waals surface area (Å²) in [5, 5.41) is 3.94. The van der Waals surface area contributed by atoms with Crippen LogP contribution in [0, 0.1) is 13.8 Å². The van der Waals surface area contributed by atoms with Crippen LogP contribution in [-0.4, -0.2) is 13.0 Å². The summed E-state index contributed by atoms with van der Waals surface area (Å²) in [6.07, 6.45) is 4.37. The highest BCUT2D eigenvalue weighted by atomic mass is 16.5. The molecule has 168 valence electrons. The Labute approximate surface area is 194 Å². The van der Waals surface area contributed by atoms with Gasteiger partial charge in [-0.15, -0.1) is 0 Å². The summed E-state index contributed by atoms with van der Waals surface area (Å²) in [5.74, 6) is 0.531. The highest BCUT2D eigenvalue weighted by Crippen LogP contribution is 2.40. The monoisotopic (exact) mass is 439 g/mol. The van der Waals surface area contributed by atoms with Gasteiger partial charge in [-0.3, -0.25) is 4.79 Å². The number of hydrogen-bond donors (Lipinski definition) is 1. The molecule has 1 aromatic heterocycles. The molecule has 3 aromatic carbocycles. The molecule has 0 saturated carbocycles. The molecule has 0 aliphatic carbocycles. The van der Waals surface area contributed by atoms with Crippen molar-refractivity contribution < 1.29 is 13.9 Å². The van der Waals surface area contributed by atoms with E-state index in [0.717, 1.165) is 50.9 Å². The van der Waals surface area contributed by atoms with Crippen LogP contribution in [0.4, 0.5) is 5.69 Å². The van der Waals surface area contributed by atoms with E-state index < -0.39 is 0 Å². The highest BCUT2D eigenvalue weighted by Gasteiger charge is 2.18. The second-order valence-electron chi connectivity index (χ2n) is 8.34. The van der Waals surface area contributed by atoms with Crippen molar-refractivity contribution in [2.75, 3.05) is 12.4 Å². The Hall–Kier alpha value is -3.79.